The van der Waals surface area contributed by atoms with Crippen LogP contribution in [0.5, 0.6) is 0 Å². The monoisotopic (exact) mass is 216 g/mol. The first kappa shape index (κ1) is 9.66. The van der Waals surface area contributed by atoms with Crippen LogP contribution in [0.2, 0.25) is 0 Å². The largest absolute Gasteiger partial charge is 0.331 e. The number of hydrazine groups is 1. The van der Waals surface area contributed by atoms with Gasteiger partial charge in [0.1, 0.15) is 5.82 Å². The molecule has 1 heterocycles. The number of nitrogens with two attached hydrogens (primary N) is 1. The minimum absolute atomic E-state index is 0.659. The number of rotatable bonds is 2. The second kappa shape index (κ2) is 3.49. The van der Waals surface area contributed by atoms with E-state index in [0.29, 0.717) is 5.92 Å². The summed E-state index contributed by atoms with van der Waals surface area (Å²) < 4.78 is 2.21. The van der Waals surface area contributed by atoms with E-state index in [4.69, 9.17) is 10.8 Å². The summed E-state index contributed by atoms with van der Waals surface area (Å²) in [6.07, 6.45) is 3.89. The van der Waals surface area contributed by atoms with Crippen LogP contribution in [-0.2, 0) is 7.05 Å². The summed E-state index contributed by atoms with van der Waals surface area (Å²) in [5.41, 5.74) is 5.77. The van der Waals surface area contributed by atoms with Gasteiger partial charge >= 0.3 is 0 Å². The number of hydrogen-bond acceptors (Lipinski definition) is 3. The maximum atomic E-state index is 5.40. The molecular formula is C12H16N4. The van der Waals surface area contributed by atoms with E-state index in [1.807, 2.05) is 12.1 Å². The van der Waals surface area contributed by atoms with E-state index in [1.54, 1.807) is 0 Å². The van der Waals surface area contributed by atoms with Crippen LogP contribution in [0.1, 0.15) is 31.0 Å². The Balaban J connectivity index is 2.13. The van der Waals surface area contributed by atoms with Crippen molar-refractivity contribution in [3.63, 3.8) is 0 Å². The van der Waals surface area contributed by atoms with Crippen LogP contribution in [0.3, 0.4) is 0 Å². The van der Waals surface area contributed by atoms with Gasteiger partial charge in [0, 0.05) is 13.0 Å². The molecule has 0 atom stereocenters. The number of anilines is 1. The summed E-state index contributed by atoms with van der Waals surface area (Å²) in [7, 11) is 2.10. The number of nitrogens with zero attached hydrogens (tertiary/aromatic N) is 2. The van der Waals surface area contributed by atoms with Crippen LogP contribution in [0, 0.1) is 0 Å². The van der Waals surface area contributed by atoms with Gasteiger partial charge in [0.2, 0.25) is 0 Å². The number of hydrogen-bond donors (Lipinski definition) is 2. The molecule has 0 aliphatic heterocycles. The Morgan fingerprint density at radius 2 is 2.25 bits per heavy atom. The summed E-state index contributed by atoms with van der Waals surface area (Å²) in [5, 5.41) is 0. The van der Waals surface area contributed by atoms with Crippen molar-refractivity contribution < 1.29 is 0 Å². The molecule has 1 aromatic heterocycles. The van der Waals surface area contributed by atoms with Crippen molar-refractivity contribution >= 4 is 16.7 Å². The highest BCUT2D eigenvalue weighted by Crippen LogP contribution is 2.36. The van der Waals surface area contributed by atoms with E-state index in [1.165, 1.54) is 30.6 Å². The minimum Gasteiger partial charge on any atom is -0.331 e. The van der Waals surface area contributed by atoms with Gasteiger partial charge in [-0.2, -0.15) is 0 Å². The molecule has 0 radical (unpaired) electrons. The van der Waals surface area contributed by atoms with Crippen LogP contribution in [-0.4, -0.2) is 9.55 Å². The molecule has 1 aliphatic rings. The van der Waals surface area contributed by atoms with E-state index in [2.05, 4.69) is 23.1 Å². The van der Waals surface area contributed by atoms with Gasteiger partial charge in [0.05, 0.1) is 16.7 Å². The number of nitrogen functional groups attached to an aromatic ring is 1. The predicted octanol–water partition coefficient (Wildman–Crippen LogP) is 2.13. The van der Waals surface area contributed by atoms with Crippen molar-refractivity contribution in [3.05, 3.63) is 24.0 Å². The Kier molecular flexibility index (Phi) is 2.11. The molecule has 0 spiro atoms. The first-order valence-corrected chi connectivity index (χ1v) is 5.72. The highest BCUT2D eigenvalue weighted by atomic mass is 15.2. The normalized spacial score (nSPS) is 16.4. The van der Waals surface area contributed by atoms with Gasteiger partial charge in [-0.05, 0) is 31.0 Å². The molecule has 0 saturated heterocycles. The maximum absolute atomic E-state index is 5.40. The molecule has 0 unspecified atom stereocenters. The number of benzene rings is 1. The first-order valence-electron chi connectivity index (χ1n) is 5.72. The standard InChI is InChI=1S/C12H16N4/c1-16-11-6-5-9(15-13)7-10(11)14-12(16)8-3-2-4-8/h5-8,15H,2-4,13H2,1H3. The predicted molar refractivity (Wildman–Crippen MR) is 65.1 cm³/mol. The van der Waals surface area contributed by atoms with Gasteiger partial charge in [-0.15, -0.1) is 0 Å². The SMILES string of the molecule is Cn1c(C2CCC2)nc2cc(NN)ccc21. The molecule has 4 nitrogen and oxygen atoms in total. The Bertz CT molecular complexity index is 525. The van der Waals surface area contributed by atoms with Crippen molar-refractivity contribution in [2.24, 2.45) is 12.9 Å². The number of nitrogens with one attached hydrogen (secondary N) is 1. The van der Waals surface area contributed by atoms with Gasteiger partial charge in [-0.3, -0.25) is 5.84 Å². The average Bonchev–Trinajstić information content (AvgIpc) is 2.54. The van der Waals surface area contributed by atoms with Crippen LogP contribution in [0.25, 0.3) is 11.0 Å². The van der Waals surface area contributed by atoms with E-state index in [-0.39, 0.29) is 0 Å². The molecular weight excluding hydrogens is 200 g/mol. The minimum atomic E-state index is 0.659. The fourth-order valence-corrected chi connectivity index (χ4v) is 2.34. The maximum Gasteiger partial charge on any atom is 0.112 e. The van der Waals surface area contributed by atoms with Crippen molar-refractivity contribution in [1.82, 2.24) is 9.55 Å². The molecule has 1 fully saturated rings. The zero-order valence-corrected chi connectivity index (χ0v) is 9.40. The van der Waals surface area contributed by atoms with Crippen molar-refractivity contribution in [2.45, 2.75) is 25.2 Å². The Morgan fingerprint density at radius 3 is 2.88 bits per heavy atom. The van der Waals surface area contributed by atoms with Crippen LogP contribution < -0.4 is 11.3 Å². The van der Waals surface area contributed by atoms with Gasteiger partial charge in [0.15, 0.2) is 0 Å². The first-order chi connectivity index (χ1) is 7.79. The number of imidazole rings is 1. The molecule has 2 aromatic rings. The molecule has 3 N–H and O–H groups in total. The van der Waals surface area contributed by atoms with Gasteiger partial charge in [-0.1, -0.05) is 6.42 Å². The summed E-state index contributed by atoms with van der Waals surface area (Å²) in [4.78, 5) is 4.71. The molecule has 4 heteroatoms. The second-order valence-corrected chi connectivity index (χ2v) is 4.50. The summed E-state index contributed by atoms with van der Waals surface area (Å²) in [6, 6.07) is 6.05. The molecule has 0 bridgehead atoms. The molecule has 1 saturated carbocycles. The van der Waals surface area contributed by atoms with Crippen LogP contribution in [0.4, 0.5) is 5.69 Å². The van der Waals surface area contributed by atoms with Gasteiger partial charge in [-0.25, -0.2) is 4.98 Å². The van der Waals surface area contributed by atoms with Gasteiger partial charge in [0.25, 0.3) is 0 Å². The Hall–Kier alpha value is -1.55. The lowest BCUT2D eigenvalue weighted by Crippen LogP contribution is -2.13. The number of aromatic nitrogens is 2. The van der Waals surface area contributed by atoms with E-state index in [0.717, 1.165) is 11.2 Å². The quantitative estimate of drug-likeness (QED) is 0.597. The van der Waals surface area contributed by atoms with Crippen LogP contribution in [0.15, 0.2) is 18.2 Å². The van der Waals surface area contributed by atoms with E-state index < -0.39 is 0 Å². The lowest BCUT2D eigenvalue weighted by molar-refractivity contribution is 0.395. The second-order valence-electron chi connectivity index (χ2n) is 4.50. The molecule has 0 amide bonds. The molecule has 1 aromatic carbocycles. The van der Waals surface area contributed by atoms with Crippen molar-refractivity contribution in [1.29, 1.82) is 0 Å². The number of aryl methyl sites for hydroxylation is 1. The highest BCUT2D eigenvalue weighted by molar-refractivity contribution is 5.80. The molecule has 3 rings (SSSR count). The highest BCUT2D eigenvalue weighted by Gasteiger charge is 2.24. The van der Waals surface area contributed by atoms with Gasteiger partial charge < -0.3 is 9.99 Å². The Labute approximate surface area is 94.4 Å². The third kappa shape index (κ3) is 1.30. The third-order valence-corrected chi connectivity index (χ3v) is 3.55. The van der Waals surface area contributed by atoms with Crippen molar-refractivity contribution in [3.8, 4) is 0 Å². The summed E-state index contributed by atoms with van der Waals surface area (Å²) in [5.74, 6) is 7.28. The summed E-state index contributed by atoms with van der Waals surface area (Å²) >= 11 is 0. The molecule has 1 aliphatic carbocycles. The lowest BCUT2D eigenvalue weighted by Gasteiger charge is -2.24. The number of fused-ring (bicyclic) bond motifs is 1. The summed E-state index contributed by atoms with van der Waals surface area (Å²) in [6.45, 7) is 0. The smallest absolute Gasteiger partial charge is 0.112 e. The lowest BCUT2D eigenvalue weighted by atomic mass is 9.85. The Morgan fingerprint density at radius 1 is 1.44 bits per heavy atom. The molecule has 84 valence electrons. The van der Waals surface area contributed by atoms with E-state index >= 15 is 0 Å². The molecule has 16 heavy (non-hydrogen) atoms. The topological polar surface area (TPSA) is 55.9 Å². The zero-order chi connectivity index (χ0) is 11.1. The average molecular weight is 216 g/mol. The zero-order valence-electron chi connectivity index (χ0n) is 9.40. The van der Waals surface area contributed by atoms with E-state index in [9.17, 15) is 0 Å². The third-order valence-electron chi connectivity index (χ3n) is 3.55. The fourth-order valence-electron chi connectivity index (χ4n) is 2.34. The van der Waals surface area contributed by atoms with Crippen LogP contribution >= 0.6 is 0 Å². The fraction of sp³-hybridized carbons (Fsp3) is 0.417. The van der Waals surface area contributed by atoms with Crippen molar-refractivity contribution in [2.75, 3.05) is 5.43 Å².